The second-order valence-corrected chi connectivity index (χ2v) is 3.33. The number of rotatable bonds is 1. The summed E-state index contributed by atoms with van der Waals surface area (Å²) in [6.45, 7) is 1.98. The summed E-state index contributed by atoms with van der Waals surface area (Å²) in [7, 11) is 0. The van der Waals surface area contributed by atoms with E-state index in [1.807, 2.05) is 25.1 Å². The predicted molar refractivity (Wildman–Crippen MR) is 48.2 cm³/mol. The fourth-order valence-corrected chi connectivity index (χ4v) is 1.50. The van der Waals surface area contributed by atoms with Crippen LogP contribution in [-0.4, -0.2) is 12.1 Å². The highest BCUT2D eigenvalue weighted by Gasteiger charge is 2.24. The van der Waals surface area contributed by atoms with Gasteiger partial charge in [-0.25, -0.2) is 0 Å². The first kappa shape index (κ1) is 7.62. The molecule has 0 saturated carbocycles. The molecule has 0 radical (unpaired) electrons. The molecule has 2 atom stereocenters. The molecule has 1 heterocycles. The number of benzene rings is 1. The number of para-hydroxylation sites is 1. The lowest BCUT2D eigenvalue weighted by molar-refractivity contribution is 0.206. The zero-order valence-electron chi connectivity index (χ0n) is 7.16. The van der Waals surface area contributed by atoms with Crippen LogP contribution in [0.3, 0.4) is 0 Å². The van der Waals surface area contributed by atoms with Gasteiger partial charge in [0.25, 0.3) is 0 Å². The van der Waals surface area contributed by atoms with Crippen molar-refractivity contribution in [2.45, 2.75) is 25.5 Å². The summed E-state index contributed by atoms with van der Waals surface area (Å²) in [4.78, 5) is 0. The molecule has 1 aliphatic rings. The molecule has 0 bridgehead atoms. The molecule has 2 heteroatoms. The molecular weight excluding hydrogens is 150 g/mol. The molecule has 1 aliphatic heterocycles. The Kier molecular flexibility index (Phi) is 1.77. The lowest BCUT2D eigenvalue weighted by atomic mass is 10.1. The third-order valence-electron chi connectivity index (χ3n) is 2.26. The van der Waals surface area contributed by atoms with E-state index >= 15 is 0 Å². The first-order valence-electron chi connectivity index (χ1n) is 4.27. The molecule has 12 heavy (non-hydrogen) atoms. The topological polar surface area (TPSA) is 35.2 Å². The number of hydrogen-bond acceptors (Lipinski definition) is 2. The van der Waals surface area contributed by atoms with E-state index in [1.165, 1.54) is 5.56 Å². The van der Waals surface area contributed by atoms with Crippen molar-refractivity contribution in [3.63, 3.8) is 0 Å². The molecule has 2 nitrogen and oxygen atoms in total. The van der Waals surface area contributed by atoms with Crippen LogP contribution in [0, 0.1) is 0 Å². The average molecular weight is 163 g/mol. The van der Waals surface area contributed by atoms with Crippen LogP contribution in [0.15, 0.2) is 24.3 Å². The van der Waals surface area contributed by atoms with E-state index in [1.54, 1.807) is 0 Å². The Morgan fingerprint density at radius 2 is 2.25 bits per heavy atom. The Morgan fingerprint density at radius 3 is 2.92 bits per heavy atom. The number of nitrogens with two attached hydrogens (primary N) is 1. The van der Waals surface area contributed by atoms with E-state index in [4.69, 9.17) is 10.5 Å². The normalized spacial score (nSPS) is 23.0. The van der Waals surface area contributed by atoms with E-state index in [9.17, 15) is 0 Å². The van der Waals surface area contributed by atoms with Crippen LogP contribution < -0.4 is 10.5 Å². The second kappa shape index (κ2) is 2.79. The van der Waals surface area contributed by atoms with Crippen molar-refractivity contribution in [1.29, 1.82) is 0 Å². The Labute approximate surface area is 72.3 Å². The molecule has 1 aromatic carbocycles. The number of fused-ring (bicyclic) bond motifs is 1. The van der Waals surface area contributed by atoms with Crippen LogP contribution in [0.2, 0.25) is 0 Å². The molecule has 0 aliphatic carbocycles. The van der Waals surface area contributed by atoms with Gasteiger partial charge in [0.2, 0.25) is 0 Å². The standard InChI is InChI=1S/C10H13NO/c1-7(11)10-6-8-4-2-3-5-9(8)12-10/h2-5,7,10H,6,11H2,1H3/t7-,10?/m1/s1. The van der Waals surface area contributed by atoms with Crippen molar-refractivity contribution in [3.05, 3.63) is 29.8 Å². The van der Waals surface area contributed by atoms with E-state index in [0.717, 1.165) is 12.2 Å². The van der Waals surface area contributed by atoms with Crippen molar-refractivity contribution in [1.82, 2.24) is 0 Å². The lowest BCUT2D eigenvalue weighted by Gasteiger charge is -2.13. The molecule has 2 N–H and O–H groups in total. The zero-order chi connectivity index (χ0) is 8.55. The Hall–Kier alpha value is -1.02. The summed E-state index contributed by atoms with van der Waals surface area (Å²) in [5.74, 6) is 1.000. The molecule has 0 saturated heterocycles. The molecular formula is C10H13NO. The van der Waals surface area contributed by atoms with Gasteiger partial charge in [0.15, 0.2) is 0 Å². The van der Waals surface area contributed by atoms with E-state index in [-0.39, 0.29) is 12.1 Å². The highest BCUT2D eigenvalue weighted by atomic mass is 16.5. The van der Waals surface area contributed by atoms with Gasteiger partial charge >= 0.3 is 0 Å². The first-order valence-corrected chi connectivity index (χ1v) is 4.27. The summed E-state index contributed by atoms with van der Waals surface area (Å²) < 4.78 is 5.64. The maximum atomic E-state index is 5.75. The van der Waals surface area contributed by atoms with Gasteiger partial charge in [-0.05, 0) is 18.6 Å². The van der Waals surface area contributed by atoms with Crippen molar-refractivity contribution in [3.8, 4) is 5.75 Å². The summed E-state index contributed by atoms with van der Waals surface area (Å²) in [6.07, 6.45) is 1.12. The van der Waals surface area contributed by atoms with Crippen LogP contribution in [0.5, 0.6) is 5.75 Å². The van der Waals surface area contributed by atoms with Gasteiger partial charge < -0.3 is 10.5 Å². The molecule has 2 rings (SSSR count). The lowest BCUT2D eigenvalue weighted by Crippen LogP contribution is -2.34. The molecule has 64 valence electrons. The smallest absolute Gasteiger partial charge is 0.123 e. The van der Waals surface area contributed by atoms with Crippen LogP contribution in [0.25, 0.3) is 0 Å². The molecule has 1 aromatic rings. The molecule has 0 amide bonds. The fourth-order valence-electron chi connectivity index (χ4n) is 1.50. The maximum absolute atomic E-state index is 5.75. The zero-order valence-corrected chi connectivity index (χ0v) is 7.16. The van der Waals surface area contributed by atoms with Gasteiger partial charge in [0, 0.05) is 12.5 Å². The summed E-state index contributed by atoms with van der Waals surface area (Å²) in [6, 6.07) is 8.22. The minimum atomic E-state index is 0.109. The monoisotopic (exact) mass is 163 g/mol. The molecule has 0 fully saturated rings. The Bertz CT molecular complexity index is 258. The Balaban J connectivity index is 2.22. The second-order valence-electron chi connectivity index (χ2n) is 3.33. The van der Waals surface area contributed by atoms with Gasteiger partial charge in [-0.3, -0.25) is 0 Å². The summed E-state index contributed by atoms with van der Waals surface area (Å²) >= 11 is 0. The van der Waals surface area contributed by atoms with Gasteiger partial charge in [-0.1, -0.05) is 18.2 Å². The van der Waals surface area contributed by atoms with Gasteiger partial charge in [-0.15, -0.1) is 0 Å². The predicted octanol–water partition coefficient (Wildman–Crippen LogP) is 1.34. The minimum absolute atomic E-state index is 0.109. The number of ether oxygens (including phenoxy) is 1. The van der Waals surface area contributed by atoms with E-state index < -0.39 is 0 Å². The van der Waals surface area contributed by atoms with E-state index in [0.29, 0.717) is 0 Å². The van der Waals surface area contributed by atoms with Crippen LogP contribution in [0.4, 0.5) is 0 Å². The third-order valence-corrected chi connectivity index (χ3v) is 2.26. The molecule has 0 spiro atoms. The van der Waals surface area contributed by atoms with Gasteiger partial charge in [0.1, 0.15) is 11.9 Å². The maximum Gasteiger partial charge on any atom is 0.123 e. The van der Waals surface area contributed by atoms with Crippen molar-refractivity contribution in [2.75, 3.05) is 0 Å². The third kappa shape index (κ3) is 1.18. The summed E-state index contributed by atoms with van der Waals surface area (Å²) in [5, 5.41) is 0. The largest absolute Gasteiger partial charge is 0.488 e. The van der Waals surface area contributed by atoms with Crippen molar-refractivity contribution < 1.29 is 4.74 Å². The van der Waals surface area contributed by atoms with Crippen LogP contribution in [-0.2, 0) is 6.42 Å². The fraction of sp³-hybridized carbons (Fsp3) is 0.400. The summed E-state index contributed by atoms with van der Waals surface area (Å²) in [5.41, 5.74) is 7.03. The van der Waals surface area contributed by atoms with Crippen molar-refractivity contribution >= 4 is 0 Å². The van der Waals surface area contributed by atoms with Gasteiger partial charge in [0.05, 0.1) is 0 Å². The van der Waals surface area contributed by atoms with E-state index in [2.05, 4.69) is 6.07 Å². The molecule has 1 unspecified atom stereocenters. The highest BCUT2D eigenvalue weighted by Crippen LogP contribution is 2.28. The van der Waals surface area contributed by atoms with Crippen molar-refractivity contribution in [2.24, 2.45) is 5.73 Å². The number of hydrogen-bond donors (Lipinski definition) is 1. The first-order chi connectivity index (χ1) is 5.77. The highest BCUT2D eigenvalue weighted by molar-refractivity contribution is 5.37. The molecule has 0 aromatic heterocycles. The van der Waals surface area contributed by atoms with Crippen LogP contribution >= 0.6 is 0 Å². The van der Waals surface area contributed by atoms with Crippen LogP contribution in [0.1, 0.15) is 12.5 Å². The van der Waals surface area contributed by atoms with Gasteiger partial charge in [-0.2, -0.15) is 0 Å². The SMILES string of the molecule is C[C@@H](N)C1Cc2ccccc2O1. The minimum Gasteiger partial charge on any atom is -0.488 e. The quantitative estimate of drug-likeness (QED) is 0.678. The Morgan fingerprint density at radius 1 is 1.50 bits per heavy atom. The average Bonchev–Trinajstić information content (AvgIpc) is 2.46.